The molecule has 0 aliphatic carbocycles. The topological polar surface area (TPSA) is 60.4 Å². The molecule has 0 saturated heterocycles. The second-order valence-electron chi connectivity index (χ2n) is 4.58. The lowest BCUT2D eigenvalue weighted by atomic mass is 9.89. The molecule has 0 aliphatic rings. The third kappa shape index (κ3) is 3.84. The maximum atomic E-state index is 12.2. The zero-order valence-electron chi connectivity index (χ0n) is 11.6. The molecule has 1 atom stereocenters. The molecular weight excluding hydrogens is 276 g/mol. The monoisotopic (exact) mass is 294 g/mol. The molecule has 0 fully saturated rings. The number of sulfone groups is 1. The van der Waals surface area contributed by atoms with Gasteiger partial charge in [0.15, 0.2) is 9.84 Å². The molecule has 0 amide bonds. The standard InChI is InChI=1S/C15H18O4S/c1-4-15(3,14(16)19-5-2)11-12-20(17,18)13-9-7-6-8-10-13/h1,6-10H,5,11-12H2,2-3H3. The molecule has 0 spiro atoms. The molecule has 0 saturated carbocycles. The number of carbonyl (C=O) groups is 1. The van der Waals surface area contributed by atoms with Crippen LogP contribution >= 0.6 is 0 Å². The van der Waals surface area contributed by atoms with Gasteiger partial charge in [0.05, 0.1) is 17.3 Å². The molecule has 5 heteroatoms. The van der Waals surface area contributed by atoms with E-state index in [1.165, 1.54) is 19.1 Å². The first-order chi connectivity index (χ1) is 9.35. The third-order valence-electron chi connectivity index (χ3n) is 3.02. The molecule has 108 valence electrons. The van der Waals surface area contributed by atoms with Crippen molar-refractivity contribution in [2.24, 2.45) is 5.41 Å². The highest BCUT2D eigenvalue weighted by Gasteiger charge is 2.34. The van der Waals surface area contributed by atoms with Crippen LogP contribution < -0.4 is 0 Å². The van der Waals surface area contributed by atoms with Gasteiger partial charge in [-0.3, -0.25) is 4.79 Å². The van der Waals surface area contributed by atoms with Crippen molar-refractivity contribution in [3.63, 3.8) is 0 Å². The summed E-state index contributed by atoms with van der Waals surface area (Å²) in [5.41, 5.74) is -1.22. The minimum absolute atomic E-state index is 0.0273. The normalized spacial score (nSPS) is 14.1. The van der Waals surface area contributed by atoms with E-state index in [9.17, 15) is 13.2 Å². The number of hydrogen-bond acceptors (Lipinski definition) is 4. The van der Waals surface area contributed by atoms with Crippen molar-refractivity contribution < 1.29 is 17.9 Å². The van der Waals surface area contributed by atoms with Crippen molar-refractivity contribution >= 4 is 15.8 Å². The van der Waals surface area contributed by atoms with E-state index in [4.69, 9.17) is 11.2 Å². The van der Waals surface area contributed by atoms with Crippen LogP contribution in [0.5, 0.6) is 0 Å². The van der Waals surface area contributed by atoms with Gasteiger partial charge in [-0.25, -0.2) is 8.42 Å². The lowest BCUT2D eigenvalue weighted by Crippen LogP contribution is -2.30. The molecule has 20 heavy (non-hydrogen) atoms. The Labute approximate surface area is 120 Å². The van der Waals surface area contributed by atoms with Crippen LogP contribution in [0.2, 0.25) is 0 Å². The molecule has 0 N–H and O–H groups in total. The lowest BCUT2D eigenvalue weighted by molar-refractivity contribution is -0.151. The van der Waals surface area contributed by atoms with Crippen LogP contribution in [0.15, 0.2) is 35.2 Å². The van der Waals surface area contributed by atoms with E-state index in [1.807, 2.05) is 0 Å². The van der Waals surface area contributed by atoms with Crippen LogP contribution in [0.4, 0.5) is 0 Å². The zero-order valence-corrected chi connectivity index (χ0v) is 12.4. The van der Waals surface area contributed by atoms with Crippen molar-refractivity contribution in [1.29, 1.82) is 0 Å². The van der Waals surface area contributed by atoms with Crippen LogP contribution in [-0.2, 0) is 19.4 Å². The summed E-state index contributed by atoms with van der Waals surface area (Å²) in [6.45, 7) is 3.41. The van der Waals surface area contributed by atoms with E-state index in [0.29, 0.717) is 0 Å². The van der Waals surface area contributed by atoms with Gasteiger partial charge in [-0.1, -0.05) is 24.1 Å². The molecule has 1 rings (SSSR count). The first-order valence-electron chi connectivity index (χ1n) is 6.28. The van der Waals surface area contributed by atoms with Gasteiger partial charge in [0.2, 0.25) is 0 Å². The summed E-state index contributed by atoms with van der Waals surface area (Å²) in [5, 5.41) is 0. The fourth-order valence-electron chi connectivity index (χ4n) is 1.61. The fourth-order valence-corrected chi connectivity index (χ4v) is 3.09. The Balaban J connectivity index is 2.85. The SMILES string of the molecule is C#CC(C)(CCS(=O)(=O)c1ccccc1)C(=O)OCC. The Morgan fingerprint density at radius 2 is 1.95 bits per heavy atom. The Hall–Kier alpha value is -1.80. The van der Waals surface area contributed by atoms with Crippen molar-refractivity contribution in [3.05, 3.63) is 30.3 Å². The average molecular weight is 294 g/mol. The fraction of sp³-hybridized carbons (Fsp3) is 0.400. The van der Waals surface area contributed by atoms with Crippen LogP contribution in [0, 0.1) is 17.8 Å². The highest BCUT2D eigenvalue weighted by Crippen LogP contribution is 2.25. The molecular formula is C15H18O4S. The van der Waals surface area contributed by atoms with E-state index < -0.39 is 21.2 Å². The predicted octanol–water partition coefficient (Wildman–Crippen LogP) is 2.05. The van der Waals surface area contributed by atoms with Crippen LogP contribution in [0.3, 0.4) is 0 Å². The predicted molar refractivity (Wildman–Crippen MR) is 76.7 cm³/mol. The smallest absolute Gasteiger partial charge is 0.323 e. The van der Waals surface area contributed by atoms with Gasteiger partial charge in [0, 0.05) is 0 Å². The van der Waals surface area contributed by atoms with Gasteiger partial charge in [-0.15, -0.1) is 6.42 Å². The Morgan fingerprint density at radius 3 is 2.45 bits per heavy atom. The Morgan fingerprint density at radius 1 is 1.35 bits per heavy atom. The zero-order chi connectivity index (χ0) is 15.2. The molecule has 0 aromatic heterocycles. The van der Waals surface area contributed by atoms with E-state index >= 15 is 0 Å². The minimum atomic E-state index is -3.46. The number of esters is 1. The second kappa shape index (κ2) is 6.58. The number of carbonyl (C=O) groups excluding carboxylic acids is 1. The number of ether oxygens (including phenoxy) is 1. The molecule has 0 bridgehead atoms. The minimum Gasteiger partial charge on any atom is -0.465 e. The van der Waals surface area contributed by atoms with Crippen LogP contribution in [0.25, 0.3) is 0 Å². The maximum Gasteiger partial charge on any atom is 0.323 e. The molecule has 0 heterocycles. The molecule has 1 aromatic carbocycles. The summed E-state index contributed by atoms with van der Waals surface area (Å²) in [5.74, 6) is 1.59. The van der Waals surface area contributed by atoms with Crippen LogP contribution in [0.1, 0.15) is 20.3 Å². The lowest BCUT2D eigenvalue weighted by Gasteiger charge is -2.21. The molecule has 1 unspecified atom stereocenters. The molecule has 0 aliphatic heterocycles. The number of terminal acetylenes is 1. The van der Waals surface area contributed by atoms with Crippen molar-refractivity contribution in [3.8, 4) is 12.3 Å². The maximum absolute atomic E-state index is 12.2. The first kappa shape index (κ1) is 16.3. The molecule has 0 radical (unpaired) electrons. The summed E-state index contributed by atoms with van der Waals surface area (Å²) in [6.07, 6.45) is 5.39. The van der Waals surface area contributed by atoms with E-state index in [0.717, 1.165) is 0 Å². The van der Waals surface area contributed by atoms with Crippen molar-refractivity contribution in [1.82, 2.24) is 0 Å². The highest BCUT2D eigenvalue weighted by molar-refractivity contribution is 7.91. The van der Waals surface area contributed by atoms with Gasteiger partial charge in [0.1, 0.15) is 5.41 Å². The molecule has 1 aromatic rings. The van der Waals surface area contributed by atoms with E-state index in [-0.39, 0.29) is 23.7 Å². The third-order valence-corrected chi connectivity index (χ3v) is 4.75. The highest BCUT2D eigenvalue weighted by atomic mass is 32.2. The van der Waals surface area contributed by atoms with Gasteiger partial charge >= 0.3 is 5.97 Å². The number of hydrogen-bond donors (Lipinski definition) is 0. The summed E-state index contributed by atoms with van der Waals surface area (Å²) in [4.78, 5) is 12.0. The van der Waals surface area contributed by atoms with E-state index in [2.05, 4.69) is 5.92 Å². The number of rotatable bonds is 6. The van der Waals surface area contributed by atoms with Gasteiger partial charge in [-0.05, 0) is 32.4 Å². The van der Waals surface area contributed by atoms with Gasteiger partial charge in [-0.2, -0.15) is 0 Å². The van der Waals surface area contributed by atoms with Crippen molar-refractivity contribution in [2.75, 3.05) is 12.4 Å². The summed E-state index contributed by atoms with van der Waals surface area (Å²) in [6, 6.07) is 8.08. The van der Waals surface area contributed by atoms with Crippen LogP contribution in [-0.4, -0.2) is 26.7 Å². The van der Waals surface area contributed by atoms with Crippen molar-refractivity contribution in [2.45, 2.75) is 25.2 Å². The quantitative estimate of drug-likeness (QED) is 0.595. The van der Waals surface area contributed by atoms with Gasteiger partial charge < -0.3 is 4.74 Å². The summed E-state index contributed by atoms with van der Waals surface area (Å²) >= 11 is 0. The first-order valence-corrected chi connectivity index (χ1v) is 7.94. The second-order valence-corrected chi connectivity index (χ2v) is 6.69. The summed E-state index contributed by atoms with van der Waals surface area (Å²) < 4.78 is 29.2. The Bertz CT molecular complexity index is 599. The van der Waals surface area contributed by atoms with Gasteiger partial charge in [0.25, 0.3) is 0 Å². The number of benzene rings is 1. The van der Waals surface area contributed by atoms with E-state index in [1.54, 1.807) is 25.1 Å². The largest absolute Gasteiger partial charge is 0.465 e. The molecule has 4 nitrogen and oxygen atoms in total. The Kier molecular flexibility index (Phi) is 5.34. The average Bonchev–Trinajstić information content (AvgIpc) is 2.46. The summed E-state index contributed by atoms with van der Waals surface area (Å²) in [7, 11) is -3.46.